The summed E-state index contributed by atoms with van der Waals surface area (Å²) in [6, 6.07) is 18.1. The van der Waals surface area contributed by atoms with Crippen LogP contribution in [0, 0.1) is 20.2 Å². The van der Waals surface area contributed by atoms with Crippen molar-refractivity contribution in [3.8, 4) is 0 Å². The molecule has 0 heterocycles. The Morgan fingerprint density at radius 1 is 0.857 bits per heavy atom. The first-order chi connectivity index (χ1) is 16.7. The molecule has 0 radical (unpaired) electrons. The van der Waals surface area contributed by atoms with Crippen molar-refractivity contribution in [2.75, 3.05) is 5.32 Å². The van der Waals surface area contributed by atoms with Crippen molar-refractivity contribution in [3.05, 3.63) is 110 Å². The second-order valence-electron chi connectivity index (χ2n) is 7.31. The summed E-state index contributed by atoms with van der Waals surface area (Å²) >= 11 is 5.15. The highest BCUT2D eigenvalue weighted by atomic mass is 32.1. The fourth-order valence-corrected chi connectivity index (χ4v) is 3.36. The third kappa shape index (κ3) is 6.42. The Hall–Kier alpha value is -4.71. The highest BCUT2D eigenvalue weighted by molar-refractivity contribution is 7.80. The van der Waals surface area contributed by atoms with Crippen LogP contribution in [0.3, 0.4) is 0 Å². The first-order valence-corrected chi connectivity index (χ1v) is 10.6. The number of carbonyl (C=O) groups is 2. The minimum absolute atomic E-state index is 0.208. The van der Waals surface area contributed by atoms with Crippen LogP contribution in [0.15, 0.2) is 72.8 Å². The second kappa shape index (κ2) is 10.9. The van der Waals surface area contributed by atoms with Crippen LogP contribution >= 0.6 is 12.2 Å². The van der Waals surface area contributed by atoms with Crippen molar-refractivity contribution < 1.29 is 19.4 Å². The van der Waals surface area contributed by atoms with Gasteiger partial charge in [-0.1, -0.05) is 42.5 Å². The predicted molar refractivity (Wildman–Crippen MR) is 132 cm³/mol. The van der Waals surface area contributed by atoms with Gasteiger partial charge in [-0.2, -0.15) is 0 Å². The van der Waals surface area contributed by atoms with E-state index >= 15 is 0 Å². The zero-order chi connectivity index (χ0) is 25.5. The van der Waals surface area contributed by atoms with E-state index in [4.69, 9.17) is 12.2 Å². The Kier molecular flexibility index (Phi) is 7.79. The lowest BCUT2D eigenvalue weighted by atomic mass is 10.1. The molecule has 0 fully saturated rings. The summed E-state index contributed by atoms with van der Waals surface area (Å²) in [5.41, 5.74) is -0.0631. The topological polar surface area (TPSA) is 157 Å². The van der Waals surface area contributed by atoms with Crippen LogP contribution in [-0.2, 0) is 0 Å². The molecule has 1 atom stereocenters. The zero-order valence-corrected chi connectivity index (χ0v) is 19.1. The normalized spacial score (nSPS) is 11.1. The Morgan fingerprint density at radius 3 is 2.03 bits per heavy atom. The Morgan fingerprint density at radius 2 is 1.43 bits per heavy atom. The molecule has 0 aromatic heterocycles. The van der Waals surface area contributed by atoms with Gasteiger partial charge in [-0.05, 0) is 36.8 Å². The van der Waals surface area contributed by atoms with Gasteiger partial charge in [0, 0.05) is 12.1 Å². The lowest BCUT2D eigenvalue weighted by molar-refractivity contribution is -0.394. The number of carbonyl (C=O) groups excluding carboxylic acids is 2. The number of thiocarbonyl (C=S) groups is 1. The Bertz CT molecular complexity index is 1280. The molecule has 3 aromatic rings. The lowest BCUT2D eigenvalue weighted by Crippen LogP contribution is -2.35. The van der Waals surface area contributed by atoms with Crippen LogP contribution in [0.5, 0.6) is 0 Å². The van der Waals surface area contributed by atoms with Gasteiger partial charge in [-0.25, -0.2) is 0 Å². The minimum atomic E-state index is -0.895. The van der Waals surface area contributed by atoms with Crippen molar-refractivity contribution in [2.45, 2.75) is 13.0 Å². The van der Waals surface area contributed by atoms with Gasteiger partial charge in [-0.3, -0.25) is 35.1 Å². The van der Waals surface area contributed by atoms with E-state index in [0.29, 0.717) is 5.69 Å². The Labute approximate surface area is 204 Å². The van der Waals surface area contributed by atoms with Gasteiger partial charge < -0.3 is 10.6 Å². The van der Waals surface area contributed by atoms with Crippen LogP contribution in [0.4, 0.5) is 17.1 Å². The number of nitrogens with one attached hydrogen (secondary N) is 3. The summed E-state index contributed by atoms with van der Waals surface area (Å²) in [4.78, 5) is 45.9. The van der Waals surface area contributed by atoms with Gasteiger partial charge in [0.1, 0.15) is 0 Å². The number of anilines is 1. The van der Waals surface area contributed by atoms with E-state index in [1.54, 1.807) is 24.3 Å². The third-order valence-corrected chi connectivity index (χ3v) is 5.08. The van der Waals surface area contributed by atoms with E-state index in [1.807, 2.05) is 37.3 Å². The Balaban J connectivity index is 1.73. The quantitative estimate of drug-likeness (QED) is 0.252. The SMILES string of the molecule is CC(NC(=O)c1ccccc1NC(=S)NC(=O)c1cc([N+](=O)[O-])cc([N+](=O)[O-])c1)c1ccccc1. The van der Waals surface area contributed by atoms with Crippen molar-refractivity contribution in [1.82, 2.24) is 10.6 Å². The summed E-state index contributed by atoms with van der Waals surface area (Å²) in [6.07, 6.45) is 0. The highest BCUT2D eigenvalue weighted by Crippen LogP contribution is 2.23. The molecule has 0 aliphatic heterocycles. The maximum Gasteiger partial charge on any atom is 0.277 e. The second-order valence-corrected chi connectivity index (χ2v) is 7.72. The van der Waals surface area contributed by atoms with Gasteiger partial charge in [0.25, 0.3) is 23.2 Å². The molecule has 0 aliphatic carbocycles. The van der Waals surface area contributed by atoms with Crippen molar-refractivity contribution in [1.29, 1.82) is 0 Å². The molecule has 2 amide bonds. The van der Waals surface area contributed by atoms with Crippen LogP contribution in [-0.4, -0.2) is 26.8 Å². The van der Waals surface area contributed by atoms with E-state index in [-0.39, 0.29) is 28.2 Å². The molecule has 35 heavy (non-hydrogen) atoms. The van der Waals surface area contributed by atoms with Gasteiger partial charge in [0.2, 0.25) is 0 Å². The number of amides is 2. The van der Waals surface area contributed by atoms with Crippen molar-refractivity contribution >= 4 is 46.2 Å². The van der Waals surface area contributed by atoms with Gasteiger partial charge in [0.15, 0.2) is 5.11 Å². The van der Waals surface area contributed by atoms with E-state index in [1.165, 1.54) is 0 Å². The zero-order valence-electron chi connectivity index (χ0n) is 18.3. The number of nitro groups is 2. The maximum absolute atomic E-state index is 12.9. The first kappa shape index (κ1) is 24.9. The van der Waals surface area contributed by atoms with E-state index in [0.717, 1.165) is 23.8 Å². The van der Waals surface area contributed by atoms with Gasteiger partial charge in [-0.15, -0.1) is 0 Å². The molecular weight excluding hydrogens is 474 g/mol. The summed E-state index contributed by atoms with van der Waals surface area (Å²) in [7, 11) is 0. The molecule has 0 aliphatic rings. The van der Waals surface area contributed by atoms with Crippen LogP contribution in [0.25, 0.3) is 0 Å². The summed E-state index contributed by atoms with van der Waals surface area (Å²) < 4.78 is 0. The molecular formula is C23H19N5O6S. The predicted octanol–water partition coefficient (Wildman–Crippen LogP) is 4.12. The largest absolute Gasteiger partial charge is 0.345 e. The maximum atomic E-state index is 12.9. The average molecular weight is 494 g/mol. The smallest absolute Gasteiger partial charge is 0.277 e. The number of nitrogens with zero attached hydrogens (tertiary/aromatic N) is 2. The molecule has 0 bridgehead atoms. The molecule has 12 heteroatoms. The van der Waals surface area contributed by atoms with E-state index in [2.05, 4.69) is 16.0 Å². The van der Waals surface area contributed by atoms with E-state index in [9.17, 15) is 29.8 Å². The monoisotopic (exact) mass is 493 g/mol. The van der Waals surface area contributed by atoms with Crippen molar-refractivity contribution in [2.24, 2.45) is 0 Å². The highest BCUT2D eigenvalue weighted by Gasteiger charge is 2.21. The fraction of sp³-hybridized carbons (Fsp3) is 0.0870. The van der Waals surface area contributed by atoms with Crippen LogP contribution < -0.4 is 16.0 Å². The number of hydrogen-bond donors (Lipinski definition) is 3. The number of non-ortho nitro benzene ring substituents is 2. The van der Waals surface area contributed by atoms with Crippen LogP contribution in [0.2, 0.25) is 0 Å². The summed E-state index contributed by atoms with van der Waals surface area (Å²) in [5, 5.41) is 29.9. The average Bonchev–Trinajstić information content (AvgIpc) is 2.84. The summed E-state index contributed by atoms with van der Waals surface area (Å²) in [6.45, 7) is 1.84. The number of hydrogen-bond acceptors (Lipinski definition) is 7. The fourth-order valence-electron chi connectivity index (χ4n) is 3.16. The standard InChI is InChI=1S/C23H19N5O6S/c1-14(15-7-3-2-4-8-15)24-22(30)19-9-5-6-10-20(19)25-23(35)26-21(29)16-11-17(27(31)32)13-18(12-16)28(33)34/h2-14H,1H3,(H,24,30)(H2,25,26,29,35). The molecule has 0 saturated heterocycles. The third-order valence-electron chi connectivity index (χ3n) is 4.88. The molecule has 178 valence electrons. The number of rotatable bonds is 7. The molecule has 3 rings (SSSR count). The minimum Gasteiger partial charge on any atom is -0.345 e. The van der Waals surface area contributed by atoms with E-state index < -0.39 is 27.1 Å². The first-order valence-electron chi connectivity index (χ1n) is 10.2. The lowest BCUT2D eigenvalue weighted by Gasteiger charge is -2.17. The molecule has 11 nitrogen and oxygen atoms in total. The van der Waals surface area contributed by atoms with Crippen LogP contribution in [0.1, 0.15) is 39.2 Å². The molecule has 0 spiro atoms. The molecule has 0 saturated carbocycles. The summed E-state index contributed by atoms with van der Waals surface area (Å²) in [5.74, 6) is -1.28. The number of para-hydroxylation sites is 1. The molecule has 3 aromatic carbocycles. The molecule has 3 N–H and O–H groups in total. The number of nitro benzene ring substituents is 2. The number of benzene rings is 3. The van der Waals surface area contributed by atoms with Gasteiger partial charge >= 0.3 is 0 Å². The van der Waals surface area contributed by atoms with Gasteiger partial charge in [0.05, 0.1) is 38.8 Å². The molecule has 1 unspecified atom stereocenters. The van der Waals surface area contributed by atoms with Crippen molar-refractivity contribution in [3.63, 3.8) is 0 Å².